The predicted molar refractivity (Wildman–Crippen MR) is 84.0 cm³/mol. The van der Waals surface area contributed by atoms with Crippen LogP contribution in [0.25, 0.3) is 0 Å². The van der Waals surface area contributed by atoms with Crippen molar-refractivity contribution >= 4 is 0 Å². The Balaban J connectivity index is 1.91. The first-order valence-electron chi connectivity index (χ1n) is 7.83. The van der Waals surface area contributed by atoms with Crippen LogP contribution < -0.4 is 5.32 Å². The topological polar surface area (TPSA) is 41.5 Å². The number of nitrogens with one attached hydrogen (secondary N) is 1. The number of rotatable bonds is 12. The summed E-state index contributed by atoms with van der Waals surface area (Å²) in [5.74, 6) is 0. The molecule has 0 fully saturated rings. The molecule has 0 spiro atoms. The molecular weight excluding hydrogens is 250 g/mol. The Morgan fingerprint density at radius 3 is 2.65 bits per heavy atom. The zero-order chi connectivity index (χ0) is 14.5. The molecule has 0 aliphatic rings. The third-order valence-corrected chi connectivity index (χ3v) is 3.27. The summed E-state index contributed by atoms with van der Waals surface area (Å²) < 4.78 is 5.48. The van der Waals surface area contributed by atoms with Gasteiger partial charge >= 0.3 is 0 Å². The van der Waals surface area contributed by atoms with E-state index < -0.39 is 0 Å². The van der Waals surface area contributed by atoms with E-state index in [9.17, 15) is 5.11 Å². The monoisotopic (exact) mass is 279 g/mol. The Labute approximate surface area is 123 Å². The van der Waals surface area contributed by atoms with Crippen molar-refractivity contribution in [2.24, 2.45) is 0 Å². The molecule has 114 valence electrons. The maximum atomic E-state index is 9.89. The van der Waals surface area contributed by atoms with Crippen molar-refractivity contribution < 1.29 is 9.84 Å². The van der Waals surface area contributed by atoms with E-state index in [4.69, 9.17) is 4.74 Å². The molecule has 3 nitrogen and oxygen atoms in total. The lowest BCUT2D eigenvalue weighted by molar-refractivity contribution is 0.125. The largest absolute Gasteiger partial charge is 0.392 e. The van der Waals surface area contributed by atoms with Gasteiger partial charge in [0.15, 0.2) is 0 Å². The second-order valence-electron chi connectivity index (χ2n) is 5.20. The summed E-state index contributed by atoms with van der Waals surface area (Å²) in [6.45, 7) is 5.43. The summed E-state index contributed by atoms with van der Waals surface area (Å²) in [7, 11) is 0. The van der Waals surface area contributed by atoms with Crippen molar-refractivity contribution in [3.05, 3.63) is 35.9 Å². The molecule has 0 saturated heterocycles. The number of aryl methyl sites for hydroxylation is 1. The molecule has 20 heavy (non-hydrogen) atoms. The lowest BCUT2D eigenvalue weighted by Crippen LogP contribution is -2.28. The van der Waals surface area contributed by atoms with Crippen LogP contribution in [-0.4, -0.2) is 37.5 Å². The van der Waals surface area contributed by atoms with Crippen molar-refractivity contribution in [2.75, 3.05) is 26.3 Å². The molecule has 0 aromatic heterocycles. The van der Waals surface area contributed by atoms with Crippen LogP contribution in [0.5, 0.6) is 0 Å². The zero-order valence-electron chi connectivity index (χ0n) is 12.7. The van der Waals surface area contributed by atoms with Crippen molar-refractivity contribution in [1.82, 2.24) is 5.32 Å². The summed E-state index contributed by atoms with van der Waals surface area (Å²) in [5.41, 5.74) is 1.29. The van der Waals surface area contributed by atoms with E-state index in [0.717, 1.165) is 45.4 Å². The number of unbranched alkanes of at least 4 members (excludes halogenated alkanes) is 1. The van der Waals surface area contributed by atoms with Gasteiger partial charge in [0.25, 0.3) is 0 Å². The maximum Gasteiger partial charge on any atom is 0.0667 e. The summed E-state index contributed by atoms with van der Waals surface area (Å²) in [6, 6.07) is 10.3. The SMILES string of the molecule is CCCCOCCCNC[C@H](O)CCc1ccccc1. The van der Waals surface area contributed by atoms with E-state index in [2.05, 4.69) is 24.4 Å². The summed E-state index contributed by atoms with van der Waals surface area (Å²) >= 11 is 0. The third kappa shape index (κ3) is 9.08. The maximum absolute atomic E-state index is 9.89. The third-order valence-electron chi connectivity index (χ3n) is 3.27. The highest BCUT2D eigenvalue weighted by molar-refractivity contribution is 5.14. The van der Waals surface area contributed by atoms with Gasteiger partial charge in [0.1, 0.15) is 0 Å². The smallest absolute Gasteiger partial charge is 0.0667 e. The first-order chi connectivity index (χ1) is 9.83. The number of ether oxygens (including phenoxy) is 1. The van der Waals surface area contributed by atoms with Gasteiger partial charge in [0, 0.05) is 19.8 Å². The van der Waals surface area contributed by atoms with Crippen molar-refractivity contribution in [3.63, 3.8) is 0 Å². The normalized spacial score (nSPS) is 12.5. The van der Waals surface area contributed by atoms with Crippen molar-refractivity contribution in [1.29, 1.82) is 0 Å². The fourth-order valence-electron chi connectivity index (χ4n) is 2.00. The number of hydrogen-bond donors (Lipinski definition) is 2. The molecule has 0 aliphatic carbocycles. The predicted octanol–water partition coefficient (Wildman–Crippen LogP) is 2.78. The Morgan fingerprint density at radius 2 is 1.90 bits per heavy atom. The number of aliphatic hydroxyl groups is 1. The highest BCUT2D eigenvalue weighted by atomic mass is 16.5. The van der Waals surface area contributed by atoms with Gasteiger partial charge in [-0.1, -0.05) is 43.7 Å². The lowest BCUT2D eigenvalue weighted by atomic mass is 10.1. The molecule has 1 aromatic rings. The van der Waals surface area contributed by atoms with E-state index in [0.29, 0.717) is 6.54 Å². The fourth-order valence-corrected chi connectivity index (χ4v) is 2.00. The van der Waals surface area contributed by atoms with Crippen LogP contribution >= 0.6 is 0 Å². The Bertz CT molecular complexity index is 316. The highest BCUT2D eigenvalue weighted by Crippen LogP contribution is 2.04. The van der Waals surface area contributed by atoms with Crippen LogP contribution in [0.1, 0.15) is 38.2 Å². The average Bonchev–Trinajstić information content (AvgIpc) is 2.49. The molecular formula is C17H29NO2. The van der Waals surface area contributed by atoms with Gasteiger partial charge in [0.2, 0.25) is 0 Å². The van der Waals surface area contributed by atoms with E-state index in [1.807, 2.05) is 18.2 Å². The molecule has 2 N–H and O–H groups in total. The first-order valence-corrected chi connectivity index (χ1v) is 7.83. The van der Waals surface area contributed by atoms with Crippen LogP contribution in [0.4, 0.5) is 0 Å². The minimum absolute atomic E-state index is 0.267. The molecule has 1 atom stereocenters. The molecule has 0 bridgehead atoms. The quantitative estimate of drug-likeness (QED) is 0.578. The van der Waals surface area contributed by atoms with Crippen LogP contribution in [-0.2, 0) is 11.2 Å². The minimum atomic E-state index is -0.267. The average molecular weight is 279 g/mol. The first kappa shape index (κ1) is 17.2. The van der Waals surface area contributed by atoms with Gasteiger partial charge in [-0.05, 0) is 37.8 Å². The number of hydrogen-bond acceptors (Lipinski definition) is 3. The molecule has 1 rings (SSSR count). The summed E-state index contributed by atoms with van der Waals surface area (Å²) in [4.78, 5) is 0. The van der Waals surface area contributed by atoms with Gasteiger partial charge in [0.05, 0.1) is 6.10 Å². The van der Waals surface area contributed by atoms with Crippen LogP contribution in [0.3, 0.4) is 0 Å². The van der Waals surface area contributed by atoms with Crippen molar-refractivity contribution in [2.45, 2.75) is 45.1 Å². The molecule has 0 saturated carbocycles. The minimum Gasteiger partial charge on any atom is -0.392 e. The summed E-state index contributed by atoms with van der Waals surface area (Å²) in [5, 5.41) is 13.2. The zero-order valence-corrected chi connectivity index (χ0v) is 12.7. The van der Waals surface area contributed by atoms with E-state index in [1.165, 1.54) is 12.0 Å². The van der Waals surface area contributed by atoms with E-state index in [-0.39, 0.29) is 6.10 Å². The highest BCUT2D eigenvalue weighted by Gasteiger charge is 2.03. The number of aliphatic hydroxyl groups excluding tert-OH is 1. The Morgan fingerprint density at radius 1 is 1.15 bits per heavy atom. The van der Waals surface area contributed by atoms with Crippen LogP contribution in [0.2, 0.25) is 0 Å². The molecule has 0 radical (unpaired) electrons. The molecule has 0 amide bonds. The van der Waals surface area contributed by atoms with Crippen LogP contribution in [0.15, 0.2) is 30.3 Å². The van der Waals surface area contributed by atoms with Gasteiger partial charge in [-0.15, -0.1) is 0 Å². The second kappa shape index (κ2) is 11.9. The Hall–Kier alpha value is -0.900. The van der Waals surface area contributed by atoms with Gasteiger partial charge in [-0.3, -0.25) is 0 Å². The second-order valence-corrected chi connectivity index (χ2v) is 5.20. The summed E-state index contributed by atoms with van der Waals surface area (Å²) in [6.07, 6.45) is 4.82. The van der Waals surface area contributed by atoms with E-state index in [1.54, 1.807) is 0 Å². The standard InChI is InChI=1S/C17H29NO2/c1-2-3-13-20-14-7-12-18-15-17(19)11-10-16-8-5-4-6-9-16/h4-6,8-9,17-19H,2-3,7,10-15H2,1H3/t17-/m1/s1. The van der Waals surface area contributed by atoms with Gasteiger partial charge in [-0.2, -0.15) is 0 Å². The van der Waals surface area contributed by atoms with Crippen molar-refractivity contribution in [3.8, 4) is 0 Å². The number of benzene rings is 1. The van der Waals surface area contributed by atoms with Gasteiger partial charge in [-0.25, -0.2) is 0 Å². The van der Waals surface area contributed by atoms with Gasteiger partial charge < -0.3 is 15.2 Å². The lowest BCUT2D eigenvalue weighted by Gasteiger charge is -2.12. The molecule has 1 aromatic carbocycles. The Kier molecular flexibility index (Phi) is 10.2. The van der Waals surface area contributed by atoms with Crippen LogP contribution in [0, 0.1) is 0 Å². The van der Waals surface area contributed by atoms with E-state index >= 15 is 0 Å². The molecule has 0 heterocycles. The molecule has 3 heteroatoms. The fraction of sp³-hybridized carbons (Fsp3) is 0.647. The molecule has 0 aliphatic heterocycles. The molecule has 0 unspecified atom stereocenters.